The van der Waals surface area contributed by atoms with Crippen LogP contribution in [0.4, 0.5) is 5.69 Å². The molecule has 1 fully saturated rings. The highest BCUT2D eigenvalue weighted by molar-refractivity contribution is 5.92. The zero-order valence-electron chi connectivity index (χ0n) is 11.1. The van der Waals surface area contributed by atoms with Gasteiger partial charge in [-0.2, -0.15) is 0 Å². The molecule has 110 valence electrons. The molecule has 1 aromatic rings. The van der Waals surface area contributed by atoms with Crippen molar-refractivity contribution in [1.82, 2.24) is 4.90 Å². The standard InChI is InChI=1S/C14H14N2O5/c17-13(15-8-7-11(9-15)14(18)19)6-3-10-1-4-12(5-2-10)16(20)21/h1-6,11H,7-9H2,(H,18,19). The van der Waals surface area contributed by atoms with Crippen molar-refractivity contribution in [3.8, 4) is 0 Å². The van der Waals surface area contributed by atoms with Gasteiger partial charge >= 0.3 is 5.97 Å². The Morgan fingerprint density at radius 2 is 2.00 bits per heavy atom. The van der Waals surface area contributed by atoms with Crippen LogP contribution in [0.2, 0.25) is 0 Å². The second kappa shape index (κ2) is 6.17. The van der Waals surface area contributed by atoms with Crippen molar-refractivity contribution in [3.63, 3.8) is 0 Å². The molecule has 0 aromatic heterocycles. The number of carboxylic acids is 1. The lowest BCUT2D eigenvalue weighted by Gasteiger charge is -2.12. The quantitative estimate of drug-likeness (QED) is 0.515. The van der Waals surface area contributed by atoms with Crippen LogP contribution in [0, 0.1) is 16.0 Å². The Bertz CT molecular complexity index is 594. The fourth-order valence-corrected chi connectivity index (χ4v) is 2.14. The first-order chi connectivity index (χ1) is 9.97. The summed E-state index contributed by atoms with van der Waals surface area (Å²) in [4.78, 5) is 34.2. The lowest BCUT2D eigenvalue weighted by Crippen LogP contribution is -2.28. The number of carboxylic acid groups (broad SMARTS) is 1. The number of carbonyl (C=O) groups excluding carboxylic acids is 1. The lowest BCUT2D eigenvalue weighted by atomic mass is 10.1. The number of non-ortho nitro benzene ring substituents is 1. The number of hydrogen-bond acceptors (Lipinski definition) is 4. The second-order valence-electron chi connectivity index (χ2n) is 4.79. The van der Waals surface area contributed by atoms with Crippen LogP contribution in [0.3, 0.4) is 0 Å². The summed E-state index contributed by atoms with van der Waals surface area (Å²) in [6.45, 7) is 0.652. The second-order valence-corrected chi connectivity index (χ2v) is 4.79. The Kier molecular flexibility index (Phi) is 4.32. The van der Waals surface area contributed by atoms with Crippen LogP contribution in [0.15, 0.2) is 30.3 Å². The number of nitro groups is 1. The monoisotopic (exact) mass is 290 g/mol. The van der Waals surface area contributed by atoms with E-state index in [9.17, 15) is 19.7 Å². The highest BCUT2D eigenvalue weighted by Crippen LogP contribution is 2.17. The van der Waals surface area contributed by atoms with E-state index >= 15 is 0 Å². The van der Waals surface area contributed by atoms with Gasteiger partial charge in [-0.1, -0.05) is 0 Å². The predicted molar refractivity (Wildman–Crippen MR) is 74.5 cm³/mol. The number of carbonyl (C=O) groups is 2. The summed E-state index contributed by atoms with van der Waals surface area (Å²) in [5.41, 5.74) is 0.658. The summed E-state index contributed by atoms with van der Waals surface area (Å²) in [5.74, 6) is -1.64. The third kappa shape index (κ3) is 3.65. The highest BCUT2D eigenvalue weighted by Gasteiger charge is 2.29. The van der Waals surface area contributed by atoms with Crippen molar-refractivity contribution in [2.45, 2.75) is 6.42 Å². The van der Waals surface area contributed by atoms with Crippen molar-refractivity contribution in [2.75, 3.05) is 13.1 Å². The first-order valence-corrected chi connectivity index (χ1v) is 6.41. The van der Waals surface area contributed by atoms with Crippen molar-refractivity contribution in [1.29, 1.82) is 0 Å². The van der Waals surface area contributed by atoms with Gasteiger partial charge in [-0.25, -0.2) is 0 Å². The van der Waals surface area contributed by atoms with E-state index in [4.69, 9.17) is 5.11 Å². The zero-order valence-corrected chi connectivity index (χ0v) is 11.1. The molecular formula is C14H14N2O5. The minimum atomic E-state index is -0.885. The summed E-state index contributed by atoms with van der Waals surface area (Å²) in [6.07, 6.45) is 3.37. The Morgan fingerprint density at radius 3 is 2.52 bits per heavy atom. The maximum absolute atomic E-state index is 11.9. The van der Waals surface area contributed by atoms with Gasteiger partial charge in [0, 0.05) is 31.3 Å². The molecule has 1 aromatic carbocycles. The molecular weight excluding hydrogens is 276 g/mol. The lowest BCUT2D eigenvalue weighted by molar-refractivity contribution is -0.384. The number of hydrogen-bond donors (Lipinski definition) is 1. The van der Waals surface area contributed by atoms with Gasteiger partial charge in [0.15, 0.2) is 0 Å². The van der Waals surface area contributed by atoms with Crippen LogP contribution in [0.25, 0.3) is 6.08 Å². The predicted octanol–water partition coefficient (Wildman–Crippen LogP) is 1.54. The maximum atomic E-state index is 11.9. The van der Waals surface area contributed by atoms with Crippen LogP contribution in [-0.2, 0) is 9.59 Å². The van der Waals surface area contributed by atoms with E-state index in [1.54, 1.807) is 18.2 Å². The Morgan fingerprint density at radius 1 is 1.33 bits per heavy atom. The molecule has 1 unspecified atom stereocenters. The number of rotatable bonds is 4. The van der Waals surface area contributed by atoms with Crippen LogP contribution < -0.4 is 0 Å². The van der Waals surface area contributed by atoms with Gasteiger partial charge < -0.3 is 10.0 Å². The van der Waals surface area contributed by atoms with E-state index in [-0.39, 0.29) is 18.1 Å². The van der Waals surface area contributed by atoms with E-state index in [0.29, 0.717) is 18.5 Å². The van der Waals surface area contributed by atoms with E-state index in [1.807, 2.05) is 0 Å². The van der Waals surface area contributed by atoms with Gasteiger partial charge in [0.2, 0.25) is 5.91 Å². The third-order valence-electron chi connectivity index (χ3n) is 3.37. The minimum Gasteiger partial charge on any atom is -0.481 e. The largest absolute Gasteiger partial charge is 0.481 e. The average molecular weight is 290 g/mol. The van der Waals surface area contributed by atoms with Crippen molar-refractivity contribution in [3.05, 3.63) is 46.0 Å². The van der Waals surface area contributed by atoms with Gasteiger partial charge in [-0.15, -0.1) is 0 Å². The maximum Gasteiger partial charge on any atom is 0.308 e. The Hall–Kier alpha value is -2.70. The molecule has 7 heteroatoms. The van der Waals surface area contributed by atoms with Crippen LogP contribution in [0.5, 0.6) is 0 Å². The molecule has 0 aliphatic carbocycles. The molecule has 21 heavy (non-hydrogen) atoms. The van der Waals surface area contributed by atoms with Gasteiger partial charge in [0.1, 0.15) is 0 Å². The smallest absolute Gasteiger partial charge is 0.308 e. The van der Waals surface area contributed by atoms with Crippen LogP contribution in [0.1, 0.15) is 12.0 Å². The van der Waals surface area contributed by atoms with E-state index in [0.717, 1.165) is 0 Å². The molecule has 2 rings (SSSR count). The fourth-order valence-electron chi connectivity index (χ4n) is 2.14. The molecule has 7 nitrogen and oxygen atoms in total. The Balaban J connectivity index is 1.96. The number of nitrogens with zero attached hydrogens (tertiary/aromatic N) is 2. The van der Waals surface area contributed by atoms with Gasteiger partial charge in [0.25, 0.3) is 5.69 Å². The molecule has 0 radical (unpaired) electrons. The summed E-state index contributed by atoms with van der Waals surface area (Å²) in [7, 11) is 0. The molecule has 0 saturated carbocycles. The van der Waals surface area contributed by atoms with Gasteiger partial charge in [-0.3, -0.25) is 19.7 Å². The van der Waals surface area contributed by atoms with Gasteiger partial charge in [0.05, 0.1) is 10.8 Å². The molecule has 1 aliphatic heterocycles. The molecule has 1 N–H and O–H groups in total. The molecule has 0 bridgehead atoms. The molecule has 1 atom stereocenters. The first-order valence-electron chi connectivity index (χ1n) is 6.41. The zero-order chi connectivity index (χ0) is 15.4. The normalized spacial score (nSPS) is 18.1. The molecule has 1 amide bonds. The van der Waals surface area contributed by atoms with E-state index in [1.165, 1.54) is 23.1 Å². The van der Waals surface area contributed by atoms with Crippen molar-refractivity contribution >= 4 is 23.6 Å². The summed E-state index contributed by atoms with van der Waals surface area (Å²) < 4.78 is 0. The minimum absolute atomic E-state index is 0.0117. The molecule has 0 spiro atoms. The summed E-state index contributed by atoms with van der Waals surface area (Å²) in [5, 5.41) is 19.4. The molecule has 1 aliphatic rings. The fraction of sp³-hybridized carbons (Fsp3) is 0.286. The average Bonchev–Trinajstić information content (AvgIpc) is 2.95. The molecule has 1 saturated heterocycles. The van der Waals surface area contributed by atoms with Crippen molar-refractivity contribution < 1.29 is 19.6 Å². The van der Waals surface area contributed by atoms with Crippen LogP contribution in [-0.4, -0.2) is 39.9 Å². The summed E-state index contributed by atoms with van der Waals surface area (Å²) in [6, 6.07) is 5.82. The number of aliphatic carboxylic acids is 1. The number of likely N-dealkylation sites (tertiary alicyclic amines) is 1. The van der Waals surface area contributed by atoms with Gasteiger partial charge in [-0.05, 0) is 30.2 Å². The van der Waals surface area contributed by atoms with Crippen LogP contribution >= 0.6 is 0 Å². The van der Waals surface area contributed by atoms with Crippen molar-refractivity contribution in [2.24, 2.45) is 5.92 Å². The third-order valence-corrected chi connectivity index (χ3v) is 3.37. The first kappa shape index (κ1) is 14.7. The number of nitro benzene ring substituents is 1. The number of benzene rings is 1. The highest BCUT2D eigenvalue weighted by atomic mass is 16.6. The Labute approximate surface area is 120 Å². The van der Waals surface area contributed by atoms with E-state index < -0.39 is 16.8 Å². The topological polar surface area (TPSA) is 101 Å². The van der Waals surface area contributed by atoms with E-state index in [2.05, 4.69) is 0 Å². The number of amides is 1. The molecule has 1 heterocycles. The SMILES string of the molecule is O=C(O)C1CCN(C(=O)C=Cc2ccc([N+](=O)[O-])cc2)C1. The summed E-state index contributed by atoms with van der Waals surface area (Å²) >= 11 is 0.